The number of ether oxygens (including phenoxy) is 3. The number of rotatable bonds is 9. The number of benzene rings is 1. The molecule has 1 aromatic heterocycles. The molecule has 1 aromatic carbocycles. The van der Waals surface area contributed by atoms with E-state index in [2.05, 4.69) is 27.3 Å². The maximum absolute atomic E-state index is 14.9. The zero-order valence-electron chi connectivity index (χ0n) is 33.6. The molecule has 0 radical (unpaired) electrons. The molecule has 3 fully saturated rings. The van der Waals surface area contributed by atoms with Gasteiger partial charge in [-0.1, -0.05) is 50.6 Å². The molecule has 2 aromatic rings. The van der Waals surface area contributed by atoms with Crippen LogP contribution in [0.1, 0.15) is 99.8 Å². The Labute approximate surface area is 329 Å². The van der Waals surface area contributed by atoms with Crippen LogP contribution in [0.15, 0.2) is 42.6 Å². The van der Waals surface area contributed by atoms with Crippen molar-refractivity contribution in [2.75, 3.05) is 13.2 Å². The molecule has 0 bridgehead atoms. The third-order valence-corrected chi connectivity index (χ3v) is 13.7. The van der Waals surface area contributed by atoms with E-state index < -0.39 is 73.8 Å². The number of allylic oxidation sites excluding steroid dienone is 1. The molecule has 6 rings (SSSR count). The zero-order chi connectivity index (χ0) is 40.6. The first-order valence-electron chi connectivity index (χ1n) is 19.9. The van der Waals surface area contributed by atoms with E-state index in [1.165, 1.54) is 4.90 Å². The fourth-order valence-corrected chi connectivity index (χ4v) is 9.22. The lowest BCUT2D eigenvalue weighted by Crippen LogP contribution is -2.59. The van der Waals surface area contributed by atoms with E-state index >= 15 is 0 Å². The number of carbonyl (C=O) groups is 4. The molecule has 3 heterocycles. The number of alkyl carbamates (subject to hydrolysis) is 1. The smallest absolute Gasteiger partial charge is 0.408 e. The molecule has 306 valence electrons. The summed E-state index contributed by atoms with van der Waals surface area (Å²) in [7, 11) is -4.00. The number of sulfonamides is 1. The van der Waals surface area contributed by atoms with Gasteiger partial charge in [-0.2, -0.15) is 0 Å². The molecule has 1 saturated heterocycles. The number of aromatic nitrogens is 1. The van der Waals surface area contributed by atoms with Crippen molar-refractivity contribution in [2.45, 2.75) is 134 Å². The lowest BCUT2D eigenvalue weighted by molar-refractivity contribution is -0.142. The van der Waals surface area contributed by atoms with Gasteiger partial charge in [-0.3, -0.25) is 19.1 Å². The van der Waals surface area contributed by atoms with Gasteiger partial charge in [0.05, 0.1) is 24.1 Å². The van der Waals surface area contributed by atoms with Gasteiger partial charge in [-0.05, 0) is 91.0 Å². The molecule has 2 aliphatic heterocycles. The molecular formula is C41H57N5O9S. The van der Waals surface area contributed by atoms with E-state index in [1.54, 1.807) is 33.9 Å². The topological polar surface area (TPSA) is 182 Å². The second-order valence-electron chi connectivity index (χ2n) is 17.2. The maximum Gasteiger partial charge on any atom is 0.408 e. The minimum Gasteiger partial charge on any atom is -0.492 e. The van der Waals surface area contributed by atoms with Crippen LogP contribution in [0.3, 0.4) is 0 Å². The Morgan fingerprint density at radius 3 is 2.46 bits per heavy atom. The molecule has 0 unspecified atom stereocenters. The van der Waals surface area contributed by atoms with Gasteiger partial charge in [-0.15, -0.1) is 0 Å². The van der Waals surface area contributed by atoms with Crippen LogP contribution in [0.2, 0.25) is 0 Å². The van der Waals surface area contributed by atoms with Gasteiger partial charge >= 0.3 is 6.09 Å². The highest BCUT2D eigenvalue weighted by atomic mass is 32.2. The second kappa shape index (κ2) is 15.9. The van der Waals surface area contributed by atoms with Crippen LogP contribution in [0.4, 0.5) is 4.79 Å². The van der Waals surface area contributed by atoms with Crippen molar-refractivity contribution in [2.24, 2.45) is 17.8 Å². The monoisotopic (exact) mass is 795 g/mol. The van der Waals surface area contributed by atoms with Crippen molar-refractivity contribution >= 4 is 44.6 Å². The molecule has 4 amide bonds. The Balaban J connectivity index is 1.37. The van der Waals surface area contributed by atoms with Crippen LogP contribution in [-0.4, -0.2) is 89.3 Å². The first kappa shape index (κ1) is 41.2. The van der Waals surface area contributed by atoms with Crippen molar-refractivity contribution < 1.29 is 41.8 Å². The minimum atomic E-state index is -4.00. The maximum atomic E-state index is 14.9. The largest absolute Gasteiger partial charge is 0.492 e. The van der Waals surface area contributed by atoms with Crippen molar-refractivity contribution in [3.8, 4) is 11.6 Å². The average Bonchev–Trinajstić information content (AvgIpc) is 4.01. The molecular weight excluding hydrogens is 739 g/mol. The van der Waals surface area contributed by atoms with E-state index in [9.17, 15) is 27.6 Å². The highest BCUT2D eigenvalue weighted by molar-refractivity contribution is 7.91. The van der Waals surface area contributed by atoms with E-state index in [4.69, 9.17) is 14.2 Å². The van der Waals surface area contributed by atoms with Crippen molar-refractivity contribution in [3.63, 3.8) is 0 Å². The normalized spacial score (nSPS) is 29.7. The standard InChI is InChI=1S/C41H57N5O9S/c1-8-26-20-25(3)14-10-11-15-27-22-41(27,37(49)45-56(51,52)40(7)18-19-40)44-34(47)31-21-28(24-46(31)36(48)33(26)43-38(50)55-39(4,5)6)54-35-30-17-13-12-16-29(30)32(23-42-35)53-9-2/h11-13,15-17,23,25-28,31,33H,8-10,14,18-22,24H2,1-7H3,(H,43,50)(H,44,47)(H,45,49)/b15-11-/t25-,26-,27-,28-,31+,33+,41-/m1/s1. The van der Waals surface area contributed by atoms with Crippen molar-refractivity contribution in [3.05, 3.63) is 42.6 Å². The van der Waals surface area contributed by atoms with Crippen LogP contribution in [0.25, 0.3) is 10.8 Å². The third kappa shape index (κ3) is 8.77. The quantitative estimate of drug-likeness (QED) is 0.287. The zero-order valence-corrected chi connectivity index (χ0v) is 34.4. The fraction of sp³-hybridized carbons (Fsp3) is 0.634. The molecule has 4 aliphatic rings. The Bertz CT molecular complexity index is 1980. The van der Waals surface area contributed by atoms with Crippen LogP contribution in [-0.2, 0) is 29.1 Å². The van der Waals surface area contributed by atoms with Gasteiger partial charge in [0.15, 0.2) is 0 Å². The predicted octanol–water partition coefficient (Wildman–Crippen LogP) is 5.15. The summed E-state index contributed by atoms with van der Waals surface area (Å²) in [6.07, 6.45) is 7.74. The summed E-state index contributed by atoms with van der Waals surface area (Å²) in [4.78, 5) is 62.8. The highest BCUT2D eigenvalue weighted by Crippen LogP contribution is 2.48. The van der Waals surface area contributed by atoms with Crippen LogP contribution in [0.5, 0.6) is 11.6 Å². The molecule has 15 heteroatoms. The number of hydrogen-bond donors (Lipinski definition) is 3. The molecule has 7 atom stereocenters. The SMILES string of the molecule is CCOc1cnc(O[C@@H]2C[C@H]3C(=O)N[C@]4(C(=O)NS(=O)(=O)C5(C)CC5)C[C@H]4/C=C\CC[C@@H](C)C[C@@H](CC)[C@H](NC(=O)OC(C)(C)C)C(=O)N3C2)c2ccccc12. The Kier molecular flexibility index (Phi) is 11.7. The summed E-state index contributed by atoms with van der Waals surface area (Å²) in [5.74, 6) is -1.59. The van der Waals surface area contributed by atoms with Crippen molar-refractivity contribution in [1.29, 1.82) is 0 Å². The summed E-state index contributed by atoms with van der Waals surface area (Å²) in [6.45, 7) is 13.2. The third-order valence-electron chi connectivity index (χ3n) is 11.6. The fourth-order valence-electron chi connectivity index (χ4n) is 7.91. The molecule has 0 spiro atoms. The van der Waals surface area contributed by atoms with Crippen molar-refractivity contribution in [1.82, 2.24) is 25.2 Å². The van der Waals surface area contributed by atoms with Gasteiger partial charge < -0.3 is 29.7 Å². The number of amides is 4. The van der Waals surface area contributed by atoms with Gasteiger partial charge in [0.25, 0.3) is 5.91 Å². The van der Waals surface area contributed by atoms with E-state index in [0.717, 1.165) is 11.8 Å². The molecule has 2 saturated carbocycles. The summed E-state index contributed by atoms with van der Waals surface area (Å²) in [6, 6.07) is 5.34. The predicted molar refractivity (Wildman–Crippen MR) is 210 cm³/mol. The summed E-state index contributed by atoms with van der Waals surface area (Å²) in [5.41, 5.74) is -2.35. The average molecular weight is 796 g/mol. The van der Waals surface area contributed by atoms with Gasteiger partial charge in [0.2, 0.25) is 27.7 Å². The summed E-state index contributed by atoms with van der Waals surface area (Å²) >= 11 is 0. The Morgan fingerprint density at radius 2 is 1.80 bits per heavy atom. The number of nitrogens with one attached hydrogen (secondary N) is 3. The van der Waals surface area contributed by atoms with Gasteiger partial charge in [-0.25, -0.2) is 18.2 Å². The van der Waals surface area contributed by atoms with E-state index in [0.29, 0.717) is 55.7 Å². The van der Waals surface area contributed by atoms with Crippen LogP contribution in [0, 0.1) is 17.8 Å². The highest BCUT2D eigenvalue weighted by Gasteiger charge is 2.63. The first-order valence-corrected chi connectivity index (χ1v) is 21.4. The molecule has 2 aliphatic carbocycles. The molecule has 14 nitrogen and oxygen atoms in total. The lowest BCUT2D eigenvalue weighted by atomic mass is 9.85. The first-order chi connectivity index (χ1) is 26.4. The van der Waals surface area contributed by atoms with Gasteiger partial charge in [0, 0.05) is 23.1 Å². The summed E-state index contributed by atoms with van der Waals surface area (Å²) in [5, 5.41) is 7.27. The van der Waals surface area contributed by atoms with E-state index in [-0.39, 0.29) is 31.2 Å². The number of fused-ring (bicyclic) bond motifs is 3. The minimum absolute atomic E-state index is 0.0200. The Hall–Kier alpha value is -4.40. The molecule has 56 heavy (non-hydrogen) atoms. The number of pyridine rings is 1. The van der Waals surface area contributed by atoms with Crippen LogP contribution < -0.4 is 24.8 Å². The number of carbonyl (C=O) groups excluding carboxylic acids is 4. The second-order valence-corrected chi connectivity index (χ2v) is 19.4. The summed E-state index contributed by atoms with van der Waals surface area (Å²) < 4.78 is 45.6. The number of nitrogens with zero attached hydrogens (tertiary/aromatic N) is 2. The molecule has 3 N–H and O–H groups in total. The van der Waals surface area contributed by atoms with Gasteiger partial charge in [0.1, 0.15) is 35.1 Å². The van der Waals surface area contributed by atoms with E-state index in [1.807, 2.05) is 50.3 Å². The lowest BCUT2D eigenvalue weighted by Gasteiger charge is -2.34. The Morgan fingerprint density at radius 1 is 1.09 bits per heavy atom. The van der Waals surface area contributed by atoms with Crippen LogP contribution >= 0.6 is 0 Å². The number of hydrogen-bond acceptors (Lipinski definition) is 10.